The van der Waals surface area contributed by atoms with Crippen molar-refractivity contribution >= 4 is 15.9 Å². The van der Waals surface area contributed by atoms with E-state index in [1.54, 1.807) is 0 Å². The van der Waals surface area contributed by atoms with E-state index in [1.165, 1.54) is 0 Å². The van der Waals surface area contributed by atoms with Crippen LogP contribution in [0.15, 0.2) is 33.2 Å². The van der Waals surface area contributed by atoms with Gasteiger partial charge >= 0.3 is 0 Å². The highest BCUT2D eigenvalue weighted by Crippen LogP contribution is 2.26. The van der Waals surface area contributed by atoms with E-state index in [2.05, 4.69) is 31.6 Å². The van der Waals surface area contributed by atoms with Crippen LogP contribution in [0.25, 0.3) is 11.5 Å². The number of hydrogen-bond donors (Lipinski definition) is 1. The summed E-state index contributed by atoms with van der Waals surface area (Å²) < 4.78 is 6.43. The molecule has 0 aliphatic heterocycles. The lowest BCUT2D eigenvalue weighted by molar-refractivity contribution is 0.0416. The zero-order chi connectivity index (χ0) is 12.1. The minimum Gasteiger partial charge on any atom is -0.419 e. The summed E-state index contributed by atoms with van der Waals surface area (Å²) in [6.07, 6.45) is 0. The molecule has 0 atom stereocenters. The van der Waals surface area contributed by atoms with Crippen LogP contribution in [-0.2, 0) is 11.4 Å². The Balaban J connectivity index is 2.10. The number of nitrogens with one attached hydrogen (secondary N) is 1. The molecule has 2 rings (SSSR count). The van der Waals surface area contributed by atoms with Crippen molar-refractivity contribution < 1.29 is 9.25 Å². The zero-order valence-electron chi connectivity index (χ0n) is 9.31. The number of hydrogen-bond acceptors (Lipinski definition) is 5. The summed E-state index contributed by atoms with van der Waals surface area (Å²) >= 11 is 3.44. The van der Waals surface area contributed by atoms with E-state index in [0.29, 0.717) is 24.9 Å². The second kappa shape index (κ2) is 5.90. The molecule has 1 N–H and O–H groups in total. The predicted octanol–water partition coefficient (Wildman–Crippen LogP) is 2.54. The molecule has 0 radical (unpaired) electrons. The number of hydroxylamine groups is 1. The van der Waals surface area contributed by atoms with E-state index in [1.807, 2.05) is 31.2 Å². The van der Waals surface area contributed by atoms with Crippen molar-refractivity contribution in [1.82, 2.24) is 15.7 Å². The van der Waals surface area contributed by atoms with Gasteiger partial charge in [-0.1, -0.05) is 12.1 Å². The molecule has 0 bridgehead atoms. The molecule has 1 heterocycles. The Morgan fingerprint density at radius 2 is 2.18 bits per heavy atom. The highest BCUT2D eigenvalue weighted by Gasteiger charge is 2.10. The average Bonchev–Trinajstić information content (AvgIpc) is 2.79. The van der Waals surface area contributed by atoms with Gasteiger partial charge in [0.15, 0.2) is 0 Å². The van der Waals surface area contributed by atoms with Crippen LogP contribution >= 0.6 is 15.9 Å². The third-order valence-electron chi connectivity index (χ3n) is 2.04. The van der Waals surface area contributed by atoms with Gasteiger partial charge in [-0.25, -0.2) is 0 Å². The van der Waals surface area contributed by atoms with Crippen LogP contribution in [0.3, 0.4) is 0 Å². The monoisotopic (exact) mass is 297 g/mol. The molecular weight excluding hydrogens is 286 g/mol. The molecule has 17 heavy (non-hydrogen) atoms. The molecule has 5 nitrogen and oxygen atoms in total. The topological polar surface area (TPSA) is 60.2 Å². The molecule has 0 aliphatic rings. The van der Waals surface area contributed by atoms with E-state index in [-0.39, 0.29) is 0 Å². The Morgan fingerprint density at radius 3 is 2.94 bits per heavy atom. The van der Waals surface area contributed by atoms with Crippen LogP contribution < -0.4 is 5.48 Å². The van der Waals surface area contributed by atoms with Gasteiger partial charge in [0.1, 0.15) is 0 Å². The first-order valence-corrected chi connectivity index (χ1v) is 6.02. The van der Waals surface area contributed by atoms with Gasteiger partial charge in [0.25, 0.3) is 0 Å². The molecule has 2 aromatic rings. The number of nitrogens with zero attached hydrogens (tertiary/aromatic N) is 2. The highest BCUT2D eigenvalue weighted by atomic mass is 79.9. The van der Waals surface area contributed by atoms with Gasteiger partial charge in [0.2, 0.25) is 11.8 Å². The van der Waals surface area contributed by atoms with Gasteiger partial charge in [-0.2, -0.15) is 5.48 Å². The molecular formula is C11H12BrN3O2. The number of halogens is 1. The number of aromatic nitrogens is 2. The van der Waals surface area contributed by atoms with Gasteiger partial charge in [0, 0.05) is 4.47 Å². The Morgan fingerprint density at radius 1 is 1.35 bits per heavy atom. The summed E-state index contributed by atoms with van der Waals surface area (Å²) in [6, 6.07) is 7.69. The standard InChI is InChI=1S/C11H12BrN3O2/c1-2-16-13-7-10-14-15-11(17-10)8-5-3-4-6-9(8)12/h3-6,13H,2,7H2,1H3. The van der Waals surface area contributed by atoms with E-state index in [4.69, 9.17) is 9.25 Å². The van der Waals surface area contributed by atoms with Gasteiger partial charge in [-0.3, -0.25) is 0 Å². The van der Waals surface area contributed by atoms with Crippen molar-refractivity contribution in [3.63, 3.8) is 0 Å². The Kier molecular flexibility index (Phi) is 4.24. The van der Waals surface area contributed by atoms with Crippen LogP contribution in [0.2, 0.25) is 0 Å². The largest absolute Gasteiger partial charge is 0.419 e. The minimum atomic E-state index is 0.394. The van der Waals surface area contributed by atoms with Gasteiger partial charge in [-0.05, 0) is 35.0 Å². The third-order valence-corrected chi connectivity index (χ3v) is 2.73. The Bertz CT molecular complexity index is 487. The molecule has 90 valence electrons. The molecule has 1 aromatic heterocycles. The summed E-state index contributed by atoms with van der Waals surface area (Å²) in [5.41, 5.74) is 3.60. The first-order chi connectivity index (χ1) is 8.31. The maximum absolute atomic E-state index is 5.50. The summed E-state index contributed by atoms with van der Waals surface area (Å²) in [5.74, 6) is 0.981. The SMILES string of the molecule is CCONCc1nnc(-c2ccccc2Br)o1. The Labute approximate surface area is 107 Å². The fourth-order valence-corrected chi connectivity index (χ4v) is 1.74. The first kappa shape index (κ1) is 12.2. The van der Waals surface area contributed by atoms with Gasteiger partial charge in [0.05, 0.1) is 18.7 Å². The van der Waals surface area contributed by atoms with Crippen molar-refractivity contribution in [2.24, 2.45) is 0 Å². The first-order valence-electron chi connectivity index (χ1n) is 5.23. The molecule has 0 fully saturated rings. The van der Waals surface area contributed by atoms with E-state index in [0.717, 1.165) is 10.0 Å². The lowest BCUT2D eigenvalue weighted by Crippen LogP contribution is -2.13. The molecule has 0 unspecified atom stereocenters. The van der Waals surface area contributed by atoms with Crippen molar-refractivity contribution in [1.29, 1.82) is 0 Å². The summed E-state index contributed by atoms with van der Waals surface area (Å²) in [6.45, 7) is 2.88. The van der Waals surface area contributed by atoms with Gasteiger partial charge < -0.3 is 9.25 Å². The molecule has 6 heteroatoms. The normalized spacial score (nSPS) is 10.7. The lowest BCUT2D eigenvalue weighted by Gasteiger charge is -1.99. The second-order valence-electron chi connectivity index (χ2n) is 3.23. The quantitative estimate of drug-likeness (QED) is 0.679. The molecule has 0 saturated carbocycles. The van der Waals surface area contributed by atoms with Crippen molar-refractivity contribution in [2.75, 3.05) is 6.61 Å². The van der Waals surface area contributed by atoms with Crippen molar-refractivity contribution in [3.05, 3.63) is 34.6 Å². The Hall–Kier alpha value is -1.24. The summed E-state index contributed by atoms with van der Waals surface area (Å²) in [7, 11) is 0. The minimum absolute atomic E-state index is 0.394. The fourth-order valence-electron chi connectivity index (χ4n) is 1.28. The van der Waals surface area contributed by atoms with Crippen molar-refractivity contribution in [3.8, 4) is 11.5 Å². The number of benzene rings is 1. The van der Waals surface area contributed by atoms with Crippen LogP contribution in [0.5, 0.6) is 0 Å². The molecule has 0 saturated heterocycles. The average molecular weight is 298 g/mol. The lowest BCUT2D eigenvalue weighted by atomic mass is 10.2. The van der Waals surface area contributed by atoms with E-state index < -0.39 is 0 Å². The highest BCUT2D eigenvalue weighted by molar-refractivity contribution is 9.10. The zero-order valence-corrected chi connectivity index (χ0v) is 10.9. The van der Waals surface area contributed by atoms with Crippen molar-refractivity contribution in [2.45, 2.75) is 13.5 Å². The smallest absolute Gasteiger partial charge is 0.248 e. The summed E-state index contributed by atoms with van der Waals surface area (Å²) in [4.78, 5) is 4.99. The molecule has 0 amide bonds. The van der Waals surface area contributed by atoms with Crippen LogP contribution in [0.1, 0.15) is 12.8 Å². The second-order valence-corrected chi connectivity index (χ2v) is 4.09. The van der Waals surface area contributed by atoms with Crippen LogP contribution in [0, 0.1) is 0 Å². The van der Waals surface area contributed by atoms with Crippen LogP contribution in [-0.4, -0.2) is 16.8 Å². The number of rotatable bonds is 5. The predicted molar refractivity (Wildman–Crippen MR) is 65.9 cm³/mol. The van der Waals surface area contributed by atoms with Crippen LogP contribution in [0.4, 0.5) is 0 Å². The molecule has 0 aliphatic carbocycles. The fraction of sp³-hybridized carbons (Fsp3) is 0.273. The molecule has 1 aromatic carbocycles. The van der Waals surface area contributed by atoms with E-state index >= 15 is 0 Å². The summed E-state index contributed by atoms with van der Waals surface area (Å²) in [5, 5.41) is 7.91. The molecule has 0 spiro atoms. The van der Waals surface area contributed by atoms with Gasteiger partial charge in [-0.15, -0.1) is 10.2 Å². The third kappa shape index (κ3) is 3.12. The van der Waals surface area contributed by atoms with E-state index in [9.17, 15) is 0 Å². The maximum Gasteiger partial charge on any atom is 0.248 e. The maximum atomic E-state index is 5.50.